The van der Waals surface area contributed by atoms with Crippen LogP contribution in [0.2, 0.25) is 0 Å². The van der Waals surface area contributed by atoms with Crippen LogP contribution < -0.4 is 5.32 Å². The molecule has 13 heavy (non-hydrogen) atoms. The van der Waals surface area contributed by atoms with Crippen molar-refractivity contribution in [3.8, 4) is 0 Å². The van der Waals surface area contributed by atoms with E-state index < -0.39 is 0 Å². The quantitative estimate of drug-likeness (QED) is 0.875. The average molecular weight is 261 g/mol. The maximum absolute atomic E-state index is 3.56. The standard InChI is InChI=1S/C9H13BrN2S/c10-9-7-13-6-8(9)5-12-3-1-11-2-4-12/h6-7,11H,1-5H2. The summed E-state index contributed by atoms with van der Waals surface area (Å²) in [6, 6.07) is 0. The number of nitrogens with zero attached hydrogens (tertiary/aromatic N) is 1. The summed E-state index contributed by atoms with van der Waals surface area (Å²) in [6.07, 6.45) is 0. The van der Waals surface area contributed by atoms with Crippen molar-refractivity contribution in [3.05, 3.63) is 20.8 Å². The third kappa shape index (κ3) is 2.53. The van der Waals surface area contributed by atoms with E-state index in [1.165, 1.54) is 23.1 Å². The molecule has 1 aliphatic rings. The van der Waals surface area contributed by atoms with Crippen molar-refractivity contribution in [2.75, 3.05) is 26.2 Å². The number of thiophene rings is 1. The number of rotatable bonds is 2. The van der Waals surface area contributed by atoms with Gasteiger partial charge in [0.2, 0.25) is 0 Å². The van der Waals surface area contributed by atoms with Crippen LogP contribution in [0.5, 0.6) is 0 Å². The largest absolute Gasteiger partial charge is 0.314 e. The van der Waals surface area contributed by atoms with Gasteiger partial charge in [0.15, 0.2) is 0 Å². The molecule has 0 atom stereocenters. The van der Waals surface area contributed by atoms with Gasteiger partial charge >= 0.3 is 0 Å². The first-order valence-electron chi connectivity index (χ1n) is 4.50. The minimum Gasteiger partial charge on any atom is -0.314 e. The molecule has 1 N–H and O–H groups in total. The zero-order chi connectivity index (χ0) is 9.10. The zero-order valence-electron chi connectivity index (χ0n) is 7.42. The average Bonchev–Trinajstić information content (AvgIpc) is 2.54. The Morgan fingerprint density at radius 1 is 1.38 bits per heavy atom. The van der Waals surface area contributed by atoms with E-state index in [2.05, 4.69) is 36.9 Å². The number of nitrogens with one attached hydrogen (secondary N) is 1. The molecule has 72 valence electrons. The Kier molecular flexibility index (Phi) is 3.38. The van der Waals surface area contributed by atoms with Crippen LogP contribution in [0.3, 0.4) is 0 Å². The lowest BCUT2D eigenvalue weighted by Gasteiger charge is -2.26. The number of hydrogen-bond acceptors (Lipinski definition) is 3. The normalized spacial score (nSPS) is 19.2. The van der Waals surface area contributed by atoms with E-state index in [1.807, 2.05) is 0 Å². The Hall–Kier alpha value is 0.1000. The Balaban J connectivity index is 1.93. The third-order valence-electron chi connectivity index (χ3n) is 2.29. The summed E-state index contributed by atoms with van der Waals surface area (Å²) in [5.41, 5.74) is 1.42. The summed E-state index contributed by atoms with van der Waals surface area (Å²) < 4.78 is 1.26. The molecule has 0 spiro atoms. The summed E-state index contributed by atoms with van der Waals surface area (Å²) >= 11 is 5.33. The fourth-order valence-electron chi connectivity index (χ4n) is 1.53. The van der Waals surface area contributed by atoms with E-state index >= 15 is 0 Å². The molecule has 1 aromatic heterocycles. The van der Waals surface area contributed by atoms with Crippen LogP contribution in [0, 0.1) is 0 Å². The van der Waals surface area contributed by atoms with Crippen LogP contribution in [0.15, 0.2) is 15.2 Å². The van der Waals surface area contributed by atoms with Crippen LogP contribution in [0.25, 0.3) is 0 Å². The van der Waals surface area contributed by atoms with Gasteiger partial charge in [-0.3, -0.25) is 4.90 Å². The van der Waals surface area contributed by atoms with Crippen LogP contribution in [0.1, 0.15) is 5.56 Å². The number of halogens is 1. The first-order valence-corrected chi connectivity index (χ1v) is 6.23. The topological polar surface area (TPSA) is 15.3 Å². The van der Waals surface area contributed by atoms with Gasteiger partial charge in [0.25, 0.3) is 0 Å². The second kappa shape index (κ2) is 4.55. The molecular weight excluding hydrogens is 248 g/mol. The highest BCUT2D eigenvalue weighted by atomic mass is 79.9. The highest BCUT2D eigenvalue weighted by Gasteiger charge is 2.11. The molecule has 4 heteroatoms. The van der Waals surface area contributed by atoms with Crippen LogP contribution >= 0.6 is 27.3 Å². The fraction of sp³-hybridized carbons (Fsp3) is 0.556. The van der Waals surface area contributed by atoms with Gasteiger partial charge in [-0.25, -0.2) is 0 Å². The van der Waals surface area contributed by atoms with Crippen molar-refractivity contribution in [3.63, 3.8) is 0 Å². The van der Waals surface area contributed by atoms with Crippen LogP contribution in [-0.4, -0.2) is 31.1 Å². The van der Waals surface area contributed by atoms with Crippen molar-refractivity contribution in [1.29, 1.82) is 0 Å². The first-order chi connectivity index (χ1) is 6.36. The molecule has 1 saturated heterocycles. The van der Waals surface area contributed by atoms with E-state index in [9.17, 15) is 0 Å². The molecular formula is C9H13BrN2S. The Morgan fingerprint density at radius 2 is 2.15 bits per heavy atom. The fourth-order valence-corrected chi connectivity index (χ4v) is 2.95. The highest BCUT2D eigenvalue weighted by molar-refractivity contribution is 9.10. The van der Waals surface area contributed by atoms with Gasteiger partial charge in [-0.05, 0) is 26.9 Å². The highest BCUT2D eigenvalue weighted by Crippen LogP contribution is 2.22. The van der Waals surface area contributed by atoms with Crippen molar-refractivity contribution in [2.24, 2.45) is 0 Å². The molecule has 2 nitrogen and oxygen atoms in total. The molecule has 1 fully saturated rings. The van der Waals surface area contributed by atoms with Gasteiger partial charge in [-0.2, -0.15) is 11.3 Å². The SMILES string of the molecule is Brc1cscc1CN1CCNCC1. The van der Waals surface area contributed by atoms with Crippen molar-refractivity contribution in [1.82, 2.24) is 10.2 Å². The minimum absolute atomic E-state index is 1.09. The second-order valence-electron chi connectivity index (χ2n) is 3.27. The Bertz CT molecular complexity index is 268. The maximum atomic E-state index is 3.56. The van der Waals surface area contributed by atoms with Crippen molar-refractivity contribution in [2.45, 2.75) is 6.54 Å². The number of piperazine rings is 1. The van der Waals surface area contributed by atoms with Crippen LogP contribution in [0.4, 0.5) is 0 Å². The lowest BCUT2D eigenvalue weighted by Crippen LogP contribution is -2.42. The molecule has 0 radical (unpaired) electrons. The van der Waals surface area contributed by atoms with Crippen LogP contribution in [-0.2, 0) is 6.54 Å². The second-order valence-corrected chi connectivity index (χ2v) is 4.87. The smallest absolute Gasteiger partial charge is 0.0327 e. The van der Waals surface area contributed by atoms with Gasteiger partial charge < -0.3 is 5.32 Å². The zero-order valence-corrected chi connectivity index (χ0v) is 9.83. The minimum atomic E-state index is 1.09. The molecule has 0 amide bonds. The summed E-state index contributed by atoms with van der Waals surface area (Å²) in [5, 5.41) is 7.74. The lowest BCUT2D eigenvalue weighted by atomic mass is 10.3. The van der Waals surface area contributed by atoms with Gasteiger partial charge in [0, 0.05) is 42.6 Å². The van der Waals surface area contributed by atoms with E-state index in [1.54, 1.807) is 11.3 Å². The number of hydrogen-bond donors (Lipinski definition) is 1. The predicted molar refractivity (Wildman–Crippen MR) is 60.2 cm³/mol. The summed E-state index contributed by atoms with van der Waals surface area (Å²) in [5.74, 6) is 0. The predicted octanol–water partition coefficient (Wildman–Crippen LogP) is 1.92. The van der Waals surface area contributed by atoms with Gasteiger partial charge in [-0.15, -0.1) is 0 Å². The van der Waals surface area contributed by atoms with E-state index in [0.29, 0.717) is 0 Å². The molecule has 0 unspecified atom stereocenters. The monoisotopic (exact) mass is 260 g/mol. The summed E-state index contributed by atoms with van der Waals surface area (Å²) in [4.78, 5) is 2.49. The lowest BCUT2D eigenvalue weighted by molar-refractivity contribution is 0.233. The first kappa shape index (κ1) is 9.65. The summed E-state index contributed by atoms with van der Waals surface area (Å²) in [6.45, 7) is 5.68. The van der Waals surface area contributed by atoms with E-state index in [0.717, 1.165) is 19.6 Å². The Labute approximate surface area is 91.1 Å². The molecule has 1 aliphatic heterocycles. The molecule has 2 heterocycles. The van der Waals surface area contributed by atoms with Gasteiger partial charge in [0.05, 0.1) is 0 Å². The van der Waals surface area contributed by atoms with Gasteiger partial charge in [-0.1, -0.05) is 0 Å². The third-order valence-corrected chi connectivity index (χ3v) is 4.13. The molecule has 1 aromatic rings. The van der Waals surface area contributed by atoms with Crippen molar-refractivity contribution < 1.29 is 0 Å². The van der Waals surface area contributed by atoms with Gasteiger partial charge in [0.1, 0.15) is 0 Å². The van der Waals surface area contributed by atoms with E-state index in [4.69, 9.17) is 0 Å². The Morgan fingerprint density at radius 3 is 2.77 bits per heavy atom. The maximum Gasteiger partial charge on any atom is 0.0327 e. The molecule has 0 bridgehead atoms. The molecule has 0 aromatic carbocycles. The molecule has 0 saturated carbocycles. The van der Waals surface area contributed by atoms with Crippen molar-refractivity contribution >= 4 is 27.3 Å². The summed E-state index contributed by atoms with van der Waals surface area (Å²) in [7, 11) is 0. The molecule has 0 aliphatic carbocycles. The molecule has 2 rings (SSSR count). The van der Waals surface area contributed by atoms with E-state index in [-0.39, 0.29) is 0 Å².